The summed E-state index contributed by atoms with van der Waals surface area (Å²) in [5, 5.41) is 15.4. The lowest BCUT2D eigenvalue weighted by Crippen LogP contribution is -2.36. The van der Waals surface area contributed by atoms with Crippen molar-refractivity contribution in [3.63, 3.8) is 0 Å². The van der Waals surface area contributed by atoms with Gasteiger partial charge in [-0.15, -0.1) is 0 Å². The number of benzene rings is 2. The number of carboxylic acids is 1. The minimum Gasteiger partial charge on any atom is -0.480 e. The summed E-state index contributed by atoms with van der Waals surface area (Å²) in [6.45, 7) is 4.60. The molecule has 0 saturated carbocycles. The topological polar surface area (TPSA) is 125 Å². The highest BCUT2D eigenvalue weighted by Crippen LogP contribution is 2.30. The van der Waals surface area contributed by atoms with Crippen LogP contribution >= 0.6 is 0 Å². The molecule has 0 aliphatic rings. The molecule has 0 amide bonds. The van der Waals surface area contributed by atoms with Crippen LogP contribution in [0.15, 0.2) is 53.6 Å². The second-order valence-electron chi connectivity index (χ2n) is 7.32. The van der Waals surface area contributed by atoms with Crippen molar-refractivity contribution in [1.82, 2.24) is 9.97 Å². The third-order valence-electron chi connectivity index (χ3n) is 4.74. The summed E-state index contributed by atoms with van der Waals surface area (Å²) in [6, 6.07) is 11.7. The molecule has 10 heteroatoms. The number of nitrogens with zero attached hydrogens (tertiary/aromatic N) is 3. The van der Waals surface area contributed by atoms with Crippen molar-refractivity contribution in [2.75, 3.05) is 28.5 Å². The fraction of sp³-hybridized carbons (Fsp3) is 0.227. The van der Waals surface area contributed by atoms with E-state index in [2.05, 4.69) is 20.6 Å². The van der Waals surface area contributed by atoms with E-state index >= 15 is 0 Å². The zero-order valence-electron chi connectivity index (χ0n) is 18.2. The van der Waals surface area contributed by atoms with Crippen LogP contribution in [0.5, 0.6) is 0 Å². The molecule has 0 bridgehead atoms. The number of nitrogens with one attached hydrogen (secondary N) is 2. The molecule has 1 aromatic heterocycles. The van der Waals surface area contributed by atoms with Gasteiger partial charge in [0.25, 0.3) is 10.0 Å². The number of hydrogen-bond acceptors (Lipinski definition) is 7. The molecule has 2 aromatic carbocycles. The molecule has 0 radical (unpaired) electrons. The lowest BCUT2D eigenvalue weighted by atomic mass is 10.1. The Kier molecular flexibility index (Phi) is 6.64. The van der Waals surface area contributed by atoms with E-state index in [-0.39, 0.29) is 10.6 Å². The van der Waals surface area contributed by atoms with Crippen LogP contribution in [0.2, 0.25) is 0 Å². The first-order valence-electron chi connectivity index (χ1n) is 9.82. The van der Waals surface area contributed by atoms with E-state index in [0.717, 1.165) is 9.87 Å². The molecule has 0 unspecified atom stereocenters. The van der Waals surface area contributed by atoms with E-state index in [1.165, 1.54) is 0 Å². The highest BCUT2D eigenvalue weighted by molar-refractivity contribution is 7.93. The van der Waals surface area contributed by atoms with Crippen molar-refractivity contribution in [3.8, 4) is 0 Å². The molecule has 1 heterocycles. The monoisotopic (exact) mass is 455 g/mol. The standard InChI is InChI=1S/C22H25N5O4S/c1-14-11-15(2)21(16(3)12-14)32(30,31)27(13-20(28)29)18-7-5-17(6-8-18)25-19-9-10-24-22(23-4)26-19/h5-12H,13H2,1-4H3,(H,28,29)(H2,23,24,25,26). The summed E-state index contributed by atoms with van der Waals surface area (Å²) >= 11 is 0. The van der Waals surface area contributed by atoms with Gasteiger partial charge in [0.1, 0.15) is 12.4 Å². The zero-order chi connectivity index (χ0) is 23.5. The average Bonchev–Trinajstić information content (AvgIpc) is 2.71. The van der Waals surface area contributed by atoms with Gasteiger partial charge in [-0.05, 0) is 62.2 Å². The summed E-state index contributed by atoms with van der Waals surface area (Å²) in [7, 11) is -2.39. The Balaban J connectivity index is 1.97. The Bertz CT molecular complexity index is 1220. The van der Waals surface area contributed by atoms with Crippen molar-refractivity contribution in [1.29, 1.82) is 0 Å². The molecule has 9 nitrogen and oxygen atoms in total. The third kappa shape index (κ3) is 4.97. The van der Waals surface area contributed by atoms with Gasteiger partial charge < -0.3 is 15.7 Å². The fourth-order valence-electron chi connectivity index (χ4n) is 3.53. The van der Waals surface area contributed by atoms with E-state index in [1.54, 1.807) is 69.6 Å². The molecule has 32 heavy (non-hydrogen) atoms. The maximum Gasteiger partial charge on any atom is 0.324 e. The first-order chi connectivity index (χ1) is 15.1. The average molecular weight is 456 g/mol. The molecular formula is C22H25N5O4S. The van der Waals surface area contributed by atoms with Crippen LogP contribution < -0.4 is 14.9 Å². The Labute approximate surface area is 187 Å². The second-order valence-corrected chi connectivity index (χ2v) is 9.12. The number of aliphatic carboxylic acids is 1. The minimum atomic E-state index is -4.10. The van der Waals surface area contributed by atoms with Crippen LogP contribution in [0.1, 0.15) is 16.7 Å². The molecular weight excluding hydrogens is 430 g/mol. The lowest BCUT2D eigenvalue weighted by Gasteiger charge is -2.25. The van der Waals surface area contributed by atoms with Crippen molar-refractivity contribution < 1.29 is 18.3 Å². The predicted molar refractivity (Wildman–Crippen MR) is 124 cm³/mol. The van der Waals surface area contributed by atoms with Crippen LogP contribution in [0.3, 0.4) is 0 Å². The van der Waals surface area contributed by atoms with Gasteiger partial charge in [0.2, 0.25) is 5.95 Å². The number of aromatic nitrogens is 2. The smallest absolute Gasteiger partial charge is 0.324 e. The highest BCUT2D eigenvalue weighted by Gasteiger charge is 2.30. The van der Waals surface area contributed by atoms with Crippen LogP contribution in [-0.2, 0) is 14.8 Å². The normalized spacial score (nSPS) is 11.1. The first-order valence-corrected chi connectivity index (χ1v) is 11.3. The van der Waals surface area contributed by atoms with E-state index in [4.69, 9.17) is 0 Å². The summed E-state index contributed by atoms with van der Waals surface area (Å²) in [6.07, 6.45) is 1.60. The van der Waals surface area contributed by atoms with Gasteiger partial charge in [-0.1, -0.05) is 17.7 Å². The maximum absolute atomic E-state index is 13.5. The van der Waals surface area contributed by atoms with Crippen LogP contribution in [0, 0.1) is 20.8 Å². The molecule has 3 N–H and O–H groups in total. The number of sulfonamides is 1. The van der Waals surface area contributed by atoms with Crippen molar-refractivity contribution in [2.24, 2.45) is 0 Å². The summed E-state index contributed by atoms with van der Waals surface area (Å²) in [5.41, 5.74) is 2.98. The fourth-order valence-corrected chi connectivity index (χ4v) is 5.36. The number of carbonyl (C=O) groups is 1. The Morgan fingerprint density at radius 2 is 1.69 bits per heavy atom. The number of rotatable bonds is 8. The lowest BCUT2D eigenvalue weighted by molar-refractivity contribution is -0.135. The maximum atomic E-state index is 13.5. The van der Waals surface area contributed by atoms with Crippen molar-refractivity contribution in [2.45, 2.75) is 25.7 Å². The van der Waals surface area contributed by atoms with Gasteiger partial charge in [-0.25, -0.2) is 13.4 Å². The van der Waals surface area contributed by atoms with Gasteiger partial charge in [0.15, 0.2) is 0 Å². The quantitative estimate of drug-likeness (QED) is 0.472. The van der Waals surface area contributed by atoms with Crippen LogP contribution in [0.25, 0.3) is 0 Å². The Hall–Kier alpha value is -3.66. The van der Waals surface area contributed by atoms with Gasteiger partial charge in [-0.3, -0.25) is 9.10 Å². The molecule has 168 valence electrons. The van der Waals surface area contributed by atoms with Gasteiger partial charge in [0.05, 0.1) is 10.6 Å². The van der Waals surface area contributed by atoms with Gasteiger partial charge >= 0.3 is 5.97 Å². The zero-order valence-corrected chi connectivity index (χ0v) is 19.1. The Morgan fingerprint density at radius 1 is 1.06 bits per heavy atom. The summed E-state index contributed by atoms with van der Waals surface area (Å²) in [5.74, 6) is -0.244. The molecule has 0 fully saturated rings. The Morgan fingerprint density at radius 3 is 2.25 bits per heavy atom. The van der Waals surface area contributed by atoms with Crippen molar-refractivity contribution >= 4 is 39.1 Å². The molecule has 0 aliphatic carbocycles. The first kappa shape index (κ1) is 23.0. The largest absolute Gasteiger partial charge is 0.480 e. The molecule has 3 rings (SSSR count). The van der Waals surface area contributed by atoms with Crippen LogP contribution in [0.4, 0.5) is 23.1 Å². The molecule has 3 aromatic rings. The molecule has 0 atom stereocenters. The number of aryl methyl sites for hydroxylation is 3. The SMILES string of the molecule is CNc1nccc(Nc2ccc(N(CC(=O)O)S(=O)(=O)c3c(C)cc(C)cc3C)cc2)n1. The number of anilines is 4. The number of carboxylic acid groups (broad SMARTS) is 1. The summed E-state index contributed by atoms with van der Waals surface area (Å²) < 4.78 is 27.9. The second kappa shape index (κ2) is 9.23. The number of hydrogen-bond donors (Lipinski definition) is 3. The van der Waals surface area contributed by atoms with Gasteiger partial charge in [-0.2, -0.15) is 4.98 Å². The molecule has 0 spiro atoms. The minimum absolute atomic E-state index is 0.118. The molecule has 0 saturated heterocycles. The molecule has 0 aliphatic heterocycles. The van der Waals surface area contributed by atoms with E-state index < -0.39 is 22.5 Å². The predicted octanol–water partition coefficient (Wildman–Crippen LogP) is 3.47. The third-order valence-corrected chi connectivity index (χ3v) is 6.82. The van der Waals surface area contributed by atoms with Gasteiger partial charge in [0, 0.05) is 18.9 Å². The van der Waals surface area contributed by atoms with E-state index in [1.807, 2.05) is 6.92 Å². The summed E-state index contributed by atoms with van der Waals surface area (Å²) in [4.78, 5) is 20.0. The highest BCUT2D eigenvalue weighted by atomic mass is 32.2. The van der Waals surface area contributed by atoms with Crippen LogP contribution in [-0.4, -0.2) is 43.1 Å². The van der Waals surface area contributed by atoms with Crippen molar-refractivity contribution in [3.05, 3.63) is 65.4 Å². The van der Waals surface area contributed by atoms with E-state index in [9.17, 15) is 18.3 Å². The van der Waals surface area contributed by atoms with E-state index in [0.29, 0.717) is 28.6 Å².